The van der Waals surface area contributed by atoms with E-state index in [4.69, 9.17) is 5.73 Å². The fourth-order valence-corrected chi connectivity index (χ4v) is 5.48. The van der Waals surface area contributed by atoms with Gasteiger partial charge in [-0.25, -0.2) is 0 Å². The van der Waals surface area contributed by atoms with Gasteiger partial charge in [0.2, 0.25) is 0 Å². The first kappa shape index (κ1) is 15.9. The van der Waals surface area contributed by atoms with Crippen molar-refractivity contribution in [2.45, 2.75) is 44.1 Å². The lowest BCUT2D eigenvalue weighted by Crippen LogP contribution is -2.51. The second-order valence-corrected chi connectivity index (χ2v) is 8.18. The summed E-state index contributed by atoms with van der Waals surface area (Å²) in [5.74, 6) is -0.294. The van der Waals surface area contributed by atoms with Crippen molar-refractivity contribution in [1.29, 1.82) is 0 Å². The largest absolute Gasteiger partial charge is 0.365 e. The number of likely N-dealkylation sites (tertiary alicyclic amines) is 1. The maximum absolute atomic E-state index is 11.6. The number of carbonyl (C=O) groups excluding carboxylic acids is 1. The molecule has 126 valence electrons. The SMILES string of the molecule is NC(=O)c1cc2c(s1)CCC(c1ccccc1)(N1CCCCC1)C2. The predicted octanol–water partition coefficient (Wildman–Crippen LogP) is 3.72. The van der Waals surface area contributed by atoms with Gasteiger partial charge in [0.15, 0.2) is 0 Å². The third kappa shape index (κ3) is 2.68. The lowest BCUT2D eigenvalue weighted by Gasteiger charge is -2.48. The molecule has 1 saturated heterocycles. The number of fused-ring (bicyclic) bond motifs is 1. The van der Waals surface area contributed by atoms with E-state index < -0.39 is 0 Å². The van der Waals surface area contributed by atoms with Gasteiger partial charge in [-0.1, -0.05) is 36.8 Å². The molecule has 1 aromatic carbocycles. The molecule has 1 amide bonds. The first-order valence-electron chi connectivity index (χ1n) is 8.91. The van der Waals surface area contributed by atoms with Crippen LogP contribution in [0.4, 0.5) is 0 Å². The maximum Gasteiger partial charge on any atom is 0.258 e. The van der Waals surface area contributed by atoms with Gasteiger partial charge in [0.1, 0.15) is 0 Å². The molecule has 3 nitrogen and oxygen atoms in total. The molecular formula is C20H24N2OS. The van der Waals surface area contributed by atoms with E-state index in [9.17, 15) is 4.79 Å². The molecule has 1 fully saturated rings. The van der Waals surface area contributed by atoms with Crippen LogP contribution in [0.25, 0.3) is 0 Å². The smallest absolute Gasteiger partial charge is 0.258 e. The molecule has 4 rings (SSSR count). The molecule has 1 unspecified atom stereocenters. The molecule has 2 heterocycles. The second-order valence-electron chi connectivity index (χ2n) is 7.05. The quantitative estimate of drug-likeness (QED) is 0.926. The molecule has 0 radical (unpaired) electrons. The Balaban J connectivity index is 1.75. The van der Waals surface area contributed by atoms with E-state index in [1.165, 1.54) is 48.4 Å². The summed E-state index contributed by atoms with van der Waals surface area (Å²) >= 11 is 1.59. The fourth-order valence-electron chi connectivity index (χ4n) is 4.44. The van der Waals surface area contributed by atoms with E-state index in [2.05, 4.69) is 35.2 Å². The van der Waals surface area contributed by atoms with Gasteiger partial charge < -0.3 is 5.73 Å². The highest BCUT2D eigenvalue weighted by atomic mass is 32.1. The monoisotopic (exact) mass is 340 g/mol. The minimum atomic E-state index is -0.294. The molecule has 2 aliphatic rings. The summed E-state index contributed by atoms with van der Waals surface area (Å²) in [6.07, 6.45) is 7.09. The number of thiophene rings is 1. The summed E-state index contributed by atoms with van der Waals surface area (Å²) in [5, 5.41) is 0. The van der Waals surface area contributed by atoms with Crippen molar-refractivity contribution in [2.24, 2.45) is 5.73 Å². The van der Waals surface area contributed by atoms with Gasteiger partial charge >= 0.3 is 0 Å². The van der Waals surface area contributed by atoms with E-state index in [1.807, 2.05) is 6.07 Å². The van der Waals surface area contributed by atoms with Crippen molar-refractivity contribution >= 4 is 17.2 Å². The molecule has 0 saturated carbocycles. The molecule has 0 bridgehead atoms. The number of primary amides is 1. The van der Waals surface area contributed by atoms with Crippen LogP contribution in [0.2, 0.25) is 0 Å². The van der Waals surface area contributed by atoms with E-state index in [-0.39, 0.29) is 11.4 Å². The van der Waals surface area contributed by atoms with Crippen LogP contribution in [0.1, 0.15) is 51.4 Å². The predicted molar refractivity (Wildman–Crippen MR) is 98.4 cm³/mol. The number of nitrogens with zero attached hydrogens (tertiary/aromatic N) is 1. The third-order valence-corrected chi connectivity index (χ3v) is 6.91. The zero-order valence-electron chi connectivity index (χ0n) is 14.0. The molecule has 1 aromatic heterocycles. The number of amides is 1. The van der Waals surface area contributed by atoms with Crippen molar-refractivity contribution in [2.75, 3.05) is 13.1 Å². The van der Waals surface area contributed by atoms with E-state index in [0.717, 1.165) is 19.3 Å². The Morgan fingerprint density at radius 2 is 1.88 bits per heavy atom. The van der Waals surface area contributed by atoms with Crippen LogP contribution in [-0.2, 0) is 18.4 Å². The highest BCUT2D eigenvalue weighted by molar-refractivity contribution is 7.14. The van der Waals surface area contributed by atoms with E-state index >= 15 is 0 Å². The molecule has 1 aliphatic carbocycles. The Kier molecular flexibility index (Phi) is 4.19. The zero-order valence-corrected chi connectivity index (χ0v) is 14.8. The Morgan fingerprint density at radius 1 is 1.12 bits per heavy atom. The first-order chi connectivity index (χ1) is 11.7. The number of carbonyl (C=O) groups is 1. The summed E-state index contributed by atoms with van der Waals surface area (Å²) in [6.45, 7) is 2.36. The first-order valence-corrected chi connectivity index (χ1v) is 9.73. The third-order valence-electron chi connectivity index (χ3n) is 5.66. The molecule has 24 heavy (non-hydrogen) atoms. The van der Waals surface area contributed by atoms with Crippen LogP contribution < -0.4 is 5.73 Å². The zero-order chi connectivity index (χ0) is 16.6. The standard InChI is InChI=1S/C20H24N2OS/c21-19(23)18-13-15-14-20(10-9-17(15)24-18,16-7-3-1-4-8-16)22-11-5-2-6-12-22/h1,3-4,7-8,13H,2,5-6,9-12,14H2,(H2,21,23). The molecule has 2 N–H and O–H groups in total. The summed E-state index contributed by atoms with van der Waals surface area (Å²) in [5.41, 5.74) is 8.33. The number of hydrogen-bond acceptors (Lipinski definition) is 3. The van der Waals surface area contributed by atoms with E-state index in [1.54, 1.807) is 11.3 Å². The Hall–Kier alpha value is -1.65. The van der Waals surface area contributed by atoms with Crippen molar-refractivity contribution < 1.29 is 4.79 Å². The lowest BCUT2D eigenvalue weighted by molar-refractivity contribution is 0.0508. The van der Waals surface area contributed by atoms with Crippen LogP contribution in [0, 0.1) is 0 Å². The van der Waals surface area contributed by atoms with Crippen LogP contribution in [0.5, 0.6) is 0 Å². The van der Waals surface area contributed by atoms with Gasteiger partial charge in [-0.3, -0.25) is 9.69 Å². The topological polar surface area (TPSA) is 46.3 Å². The summed E-state index contributed by atoms with van der Waals surface area (Å²) in [4.78, 5) is 16.3. The lowest BCUT2D eigenvalue weighted by atomic mass is 9.74. The van der Waals surface area contributed by atoms with Crippen LogP contribution in [0.3, 0.4) is 0 Å². The summed E-state index contributed by atoms with van der Waals surface area (Å²) < 4.78 is 0. The van der Waals surface area contributed by atoms with Crippen LogP contribution in [-0.4, -0.2) is 23.9 Å². The normalized spacial score (nSPS) is 24.5. The minimum absolute atomic E-state index is 0.0741. The molecule has 2 aromatic rings. The highest BCUT2D eigenvalue weighted by Crippen LogP contribution is 2.44. The molecule has 0 spiro atoms. The molecule has 1 atom stereocenters. The van der Waals surface area contributed by atoms with Crippen molar-refractivity contribution in [3.8, 4) is 0 Å². The molecule has 1 aliphatic heterocycles. The van der Waals surface area contributed by atoms with Gasteiger partial charge in [0, 0.05) is 4.88 Å². The highest BCUT2D eigenvalue weighted by Gasteiger charge is 2.42. The summed E-state index contributed by atoms with van der Waals surface area (Å²) in [6, 6.07) is 13.0. The van der Waals surface area contributed by atoms with Crippen LogP contribution in [0.15, 0.2) is 36.4 Å². The Morgan fingerprint density at radius 3 is 2.58 bits per heavy atom. The van der Waals surface area contributed by atoms with Gasteiger partial charge in [-0.2, -0.15) is 0 Å². The van der Waals surface area contributed by atoms with Crippen molar-refractivity contribution in [1.82, 2.24) is 4.90 Å². The molecular weight excluding hydrogens is 316 g/mol. The van der Waals surface area contributed by atoms with Crippen molar-refractivity contribution in [3.63, 3.8) is 0 Å². The maximum atomic E-state index is 11.6. The van der Waals surface area contributed by atoms with Gasteiger partial charge in [-0.05, 0) is 62.4 Å². The number of nitrogens with two attached hydrogens (primary N) is 1. The fraction of sp³-hybridized carbons (Fsp3) is 0.450. The number of rotatable bonds is 3. The van der Waals surface area contributed by atoms with Gasteiger partial charge in [0.05, 0.1) is 10.4 Å². The minimum Gasteiger partial charge on any atom is -0.365 e. The van der Waals surface area contributed by atoms with Crippen LogP contribution >= 0.6 is 11.3 Å². The Labute approximate surface area is 147 Å². The van der Waals surface area contributed by atoms with Crippen molar-refractivity contribution in [3.05, 3.63) is 57.3 Å². The average molecular weight is 340 g/mol. The second kappa shape index (κ2) is 6.34. The van der Waals surface area contributed by atoms with Gasteiger partial charge in [-0.15, -0.1) is 11.3 Å². The number of hydrogen-bond donors (Lipinski definition) is 1. The number of benzene rings is 1. The summed E-state index contributed by atoms with van der Waals surface area (Å²) in [7, 11) is 0. The molecule has 4 heteroatoms. The number of aryl methyl sites for hydroxylation is 1. The number of piperidine rings is 1. The Bertz CT molecular complexity index is 733. The van der Waals surface area contributed by atoms with Gasteiger partial charge in [0.25, 0.3) is 5.91 Å². The van der Waals surface area contributed by atoms with E-state index in [0.29, 0.717) is 4.88 Å². The average Bonchev–Trinajstić information content (AvgIpc) is 3.06.